The van der Waals surface area contributed by atoms with Gasteiger partial charge in [0.25, 0.3) is 5.91 Å². The topological polar surface area (TPSA) is 131 Å². The van der Waals surface area contributed by atoms with Gasteiger partial charge in [0.1, 0.15) is 0 Å². The first kappa shape index (κ1) is 22.3. The predicted octanol–water partition coefficient (Wildman–Crippen LogP) is 0.932. The van der Waals surface area contributed by atoms with E-state index >= 15 is 0 Å². The lowest BCUT2D eigenvalue weighted by molar-refractivity contribution is -0.123. The summed E-state index contributed by atoms with van der Waals surface area (Å²) in [6, 6.07) is 4.43. The molecule has 0 radical (unpaired) electrons. The fourth-order valence-corrected chi connectivity index (χ4v) is 2.83. The molecule has 3 amide bonds. The summed E-state index contributed by atoms with van der Waals surface area (Å²) in [6.07, 6.45) is 1.38. The summed E-state index contributed by atoms with van der Waals surface area (Å²) >= 11 is 0. The van der Waals surface area contributed by atoms with Crippen LogP contribution in [0.25, 0.3) is 0 Å². The molecule has 10 heteroatoms. The molecule has 148 valence electrons. The third-order valence-corrected chi connectivity index (χ3v) is 4.29. The number of sulfonamides is 1. The average molecular weight is 397 g/mol. The maximum atomic E-state index is 12.0. The molecule has 1 rings (SSSR count). The molecule has 0 saturated heterocycles. The maximum Gasteiger partial charge on any atom is 0.338 e. The number of ether oxygens (including phenoxy) is 1. The predicted molar refractivity (Wildman–Crippen MR) is 98.5 cm³/mol. The van der Waals surface area contributed by atoms with Crippen molar-refractivity contribution in [2.75, 3.05) is 13.2 Å². The fraction of sp³-hybridized carbons (Fsp3) is 0.353. The minimum atomic E-state index is -3.80. The van der Waals surface area contributed by atoms with Crippen LogP contribution in [0.1, 0.15) is 31.1 Å². The van der Waals surface area contributed by atoms with Gasteiger partial charge in [0.2, 0.25) is 10.0 Å². The molecule has 0 aliphatic rings. The summed E-state index contributed by atoms with van der Waals surface area (Å²) < 4.78 is 31.2. The Bertz CT molecular complexity index is 827. The van der Waals surface area contributed by atoms with Crippen molar-refractivity contribution in [1.29, 1.82) is 0 Å². The molecule has 0 aliphatic carbocycles. The monoisotopic (exact) mass is 397 g/mol. The van der Waals surface area contributed by atoms with E-state index in [0.29, 0.717) is 0 Å². The first-order valence-corrected chi connectivity index (χ1v) is 9.42. The Labute approximate surface area is 158 Å². The van der Waals surface area contributed by atoms with Crippen LogP contribution in [-0.4, -0.2) is 45.0 Å². The molecule has 0 fully saturated rings. The summed E-state index contributed by atoms with van der Waals surface area (Å²) in [5.41, 5.74) is -0.588. The summed E-state index contributed by atoms with van der Waals surface area (Å²) in [4.78, 5) is 35.1. The minimum absolute atomic E-state index is 0.0355. The van der Waals surface area contributed by atoms with E-state index in [1.54, 1.807) is 20.8 Å². The molecule has 0 heterocycles. The zero-order chi connectivity index (χ0) is 20.7. The van der Waals surface area contributed by atoms with E-state index in [9.17, 15) is 22.8 Å². The highest BCUT2D eigenvalue weighted by Gasteiger charge is 2.19. The number of esters is 1. The normalized spacial score (nSPS) is 11.4. The van der Waals surface area contributed by atoms with Crippen LogP contribution in [0.4, 0.5) is 4.79 Å². The molecule has 3 N–H and O–H groups in total. The molecule has 0 spiro atoms. The number of carbonyl (C=O) groups excluding carboxylic acids is 3. The van der Waals surface area contributed by atoms with E-state index < -0.39 is 40.1 Å². The lowest BCUT2D eigenvalue weighted by Crippen LogP contribution is -2.49. The number of amides is 3. The average Bonchev–Trinajstić information content (AvgIpc) is 2.56. The number of rotatable bonds is 7. The van der Waals surface area contributed by atoms with Crippen molar-refractivity contribution in [3.05, 3.63) is 42.5 Å². The third-order valence-electron chi connectivity index (χ3n) is 2.87. The third kappa shape index (κ3) is 8.01. The van der Waals surface area contributed by atoms with E-state index in [1.807, 2.05) is 5.32 Å². The van der Waals surface area contributed by atoms with Gasteiger partial charge < -0.3 is 10.1 Å². The largest absolute Gasteiger partial charge is 0.452 e. The number of hydrogen-bond acceptors (Lipinski definition) is 6. The van der Waals surface area contributed by atoms with Crippen molar-refractivity contribution < 1.29 is 27.5 Å². The Morgan fingerprint density at radius 3 is 2.48 bits per heavy atom. The van der Waals surface area contributed by atoms with Crippen LogP contribution in [0, 0.1) is 0 Å². The number of urea groups is 1. The van der Waals surface area contributed by atoms with Gasteiger partial charge in [-0.05, 0) is 39.0 Å². The molecule has 0 aromatic heterocycles. The van der Waals surface area contributed by atoms with Gasteiger partial charge in [0.15, 0.2) is 6.61 Å². The van der Waals surface area contributed by atoms with Crippen molar-refractivity contribution in [2.45, 2.75) is 31.2 Å². The molecular weight excluding hydrogens is 374 g/mol. The van der Waals surface area contributed by atoms with Crippen LogP contribution in [0.15, 0.2) is 41.8 Å². The van der Waals surface area contributed by atoms with Crippen molar-refractivity contribution in [1.82, 2.24) is 15.4 Å². The second-order valence-electron chi connectivity index (χ2n) is 6.50. The van der Waals surface area contributed by atoms with Gasteiger partial charge in [-0.25, -0.2) is 22.7 Å². The molecule has 0 atom stereocenters. The van der Waals surface area contributed by atoms with E-state index in [0.717, 1.165) is 6.07 Å². The Morgan fingerprint density at radius 1 is 1.22 bits per heavy atom. The molecule has 0 aliphatic heterocycles. The minimum Gasteiger partial charge on any atom is -0.452 e. The number of imide groups is 1. The van der Waals surface area contributed by atoms with E-state index in [1.165, 1.54) is 24.3 Å². The summed E-state index contributed by atoms with van der Waals surface area (Å²) in [7, 11) is -3.80. The van der Waals surface area contributed by atoms with Gasteiger partial charge >= 0.3 is 12.0 Å². The Kier molecular flexibility index (Phi) is 7.68. The van der Waals surface area contributed by atoms with Gasteiger partial charge in [-0.15, -0.1) is 6.58 Å². The molecule has 0 saturated carbocycles. The van der Waals surface area contributed by atoms with E-state index in [2.05, 4.69) is 16.6 Å². The van der Waals surface area contributed by atoms with Gasteiger partial charge in [0, 0.05) is 12.1 Å². The first-order valence-electron chi connectivity index (χ1n) is 7.94. The fourth-order valence-electron chi connectivity index (χ4n) is 1.79. The van der Waals surface area contributed by atoms with Crippen molar-refractivity contribution in [3.63, 3.8) is 0 Å². The molecule has 1 aromatic rings. The van der Waals surface area contributed by atoms with Crippen molar-refractivity contribution in [3.8, 4) is 0 Å². The van der Waals surface area contributed by atoms with E-state index in [4.69, 9.17) is 4.74 Å². The maximum absolute atomic E-state index is 12.0. The summed E-state index contributed by atoms with van der Waals surface area (Å²) in [5.74, 6) is -1.72. The highest BCUT2D eigenvalue weighted by Crippen LogP contribution is 2.12. The molecule has 9 nitrogen and oxygen atoms in total. The SMILES string of the molecule is C=CCNS(=O)(=O)c1cccc(C(=O)OCC(=O)NC(=O)NC(C)(C)C)c1. The lowest BCUT2D eigenvalue weighted by atomic mass is 10.1. The molecule has 27 heavy (non-hydrogen) atoms. The van der Waals surface area contributed by atoms with Crippen LogP contribution in [0.3, 0.4) is 0 Å². The first-order chi connectivity index (χ1) is 12.4. The van der Waals surface area contributed by atoms with Gasteiger partial charge in [-0.1, -0.05) is 12.1 Å². The van der Waals surface area contributed by atoms with Crippen LogP contribution in [0.2, 0.25) is 0 Å². The van der Waals surface area contributed by atoms with Crippen LogP contribution < -0.4 is 15.4 Å². The molecule has 1 aromatic carbocycles. The van der Waals surface area contributed by atoms with Crippen molar-refractivity contribution >= 4 is 27.9 Å². The zero-order valence-corrected chi connectivity index (χ0v) is 16.2. The summed E-state index contributed by atoms with van der Waals surface area (Å²) in [6.45, 7) is 7.97. The van der Waals surface area contributed by atoms with Crippen LogP contribution in [-0.2, 0) is 19.6 Å². The quantitative estimate of drug-likeness (QED) is 0.463. The van der Waals surface area contributed by atoms with E-state index in [-0.39, 0.29) is 17.0 Å². The van der Waals surface area contributed by atoms with Gasteiger partial charge in [-0.3, -0.25) is 10.1 Å². The Hall–Kier alpha value is -2.72. The molecule has 0 unspecified atom stereocenters. The second-order valence-corrected chi connectivity index (χ2v) is 8.26. The smallest absolute Gasteiger partial charge is 0.338 e. The second kappa shape index (κ2) is 9.28. The number of carbonyl (C=O) groups is 3. The van der Waals surface area contributed by atoms with Crippen LogP contribution >= 0.6 is 0 Å². The molecule has 0 bridgehead atoms. The zero-order valence-electron chi connectivity index (χ0n) is 15.4. The van der Waals surface area contributed by atoms with Crippen molar-refractivity contribution in [2.24, 2.45) is 0 Å². The standard InChI is InChI=1S/C17H23N3O6S/c1-5-9-18-27(24,25)13-8-6-7-12(10-13)15(22)26-11-14(21)19-16(23)20-17(2,3)4/h5-8,10,18H,1,9,11H2,2-4H3,(H2,19,20,21,23). The molecular formula is C17H23N3O6S. The number of hydrogen-bond donors (Lipinski definition) is 3. The Balaban J connectivity index is 2.68. The van der Waals surface area contributed by atoms with Gasteiger partial charge in [-0.2, -0.15) is 0 Å². The highest BCUT2D eigenvalue weighted by molar-refractivity contribution is 7.89. The van der Waals surface area contributed by atoms with Crippen LogP contribution in [0.5, 0.6) is 0 Å². The summed E-state index contributed by atoms with van der Waals surface area (Å²) in [5, 5.41) is 4.54. The highest BCUT2D eigenvalue weighted by atomic mass is 32.2. The van der Waals surface area contributed by atoms with Gasteiger partial charge in [0.05, 0.1) is 10.5 Å². The number of benzene rings is 1. The number of nitrogens with one attached hydrogen (secondary N) is 3. The Morgan fingerprint density at radius 2 is 1.89 bits per heavy atom. The lowest BCUT2D eigenvalue weighted by Gasteiger charge is -2.20.